The summed E-state index contributed by atoms with van der Waals surface area (Å²) in [5, 5.41) is 6.68. The van der Waals surface area contributed by atoms with Gasteiger partial charge in [-0.15, -0.1) is 0 Å². The zero-order valence-electron chi connectivity index (χ0n) is 21.3. The Hall–Kier alpha value is -5.44. The van der Waals surface area contributed by atoms with Crippen molar-refractivity contribution in [3.8, 4) is 5.75 Å². The van der Waals surface area contributed by atoms with E-state index in [2.05, 4.69) is 15.8 Å². The Kier molecular flexibility index (Phi) is 8.66. The highest BCUT2D eigenvalue weighted by molar-refractivity contribution is 6.05. The van der Waals surface area contributed by atoms with Crippen LogP contribution in [0.2, 0.25) is 0 Å². The van der Waals surface area contributed by atoms with Crippen LogP contribution in [0.4, 0.5) is 5.69 Å². The van der Waals surface area contributed by atoms with Gasteiger partial charge in [-0.25, -0.2) is 10.2 Å². The van der Waals surface area contributed by atoms with Crippen LogP contribution in [0.1, 0.15) is 32.0 Å². The van der Waals surface area contributed by atoms with E-state index in [4.69, 9.17) is 9.15 Å². The molecule has 9 nitrogen and oxygen atoms in total. The molecule has 3 aromatic carbocycles. The molecular formula is C30H26N4O5. The third-order valence-corrected chi connectivity index (χ3v) is 5.42. The maximum Gasteiger partial charge on any atom is 0.379 e. The smallest absolute Gasteiger partial charge is 0.379 e. The van der Waals surface area contributed by atoms with Crippen molar-refractivity contribution in [1.82, 2.24) is 10.7 Å². The van der Waals surface area contributed by atoms with Crippen LogP contribution in [0.15, 0.2) is 112 Å². The number of nitrogens with one attached hydrogen (secondary N) is 2. The fourth-order valence-corrected chi connectivity index (χ4v) is 3.41. The number of ether oxygens (including phenoxy) is 1. The zero-order valence-corrected chi connectivity index (χ0v) is 21.3. The number of esters is 1. The van der Waals surface area contributed by atoms with Crippen molar-refractivity contribution in [3.05, 3.63) is 125 Å². The summed E-state index contributed by atoms with van der Waals surface area (Å²) in [4.78, 5) is 39.9. The summed E-state index contributed by atoms with van der Waals surface area (Å²) in [6.07, 6.45) is 4.34. The number of hydrogen-bond donors (Lipinski definition) is 2. The Balaban J connectivity index is 1.48. The molecule has 0 unspecified atom stereocenters. The first-order valence-corrected chi connectivity index (χ1v) is 11.9. The Morgan fingerprint density at radius 1 is 0.872 bits per heavy atom. The maximum atomic E-state index is 13.0. The molecule has 39 heavy (non-hydrogen) atoms. The number of hydrogen-bond acceptors (Lipinski definition) is 7. The predicted octanol–water partition coefficient (Wildman–Crippen LogP) is 4.49. The van der Waals surface area contributed by atoms with E-state index in [0.717, 1.165) is 5.69 Å². The maximum absolute atomic E-state index is 13.0. The number of nitrogens with zero attached hydrogens (tertiary/aromatic N) is 2. The van der Waals surface area contributed by atoms with Crippen molar-refractivity contribution in [3.63, 3.8) is 0 Å². The third-order valence-electron chi connectivity index (χ3n) is 5.42. The van der Waals surface area contributed by atoms with Gasteiger partial charge in [0.1, 0.15) is 11.4 Å². The lowest BCUT2D eigenvalue weighted by Crippen LogP contribution is -2.32. The Labute approximate surface area is 225 Å². The van der Waals surface area contributed by atoms with Crippen molar-refractivity contribution >= 4 is 35.8 Å². The van der Waals surface area contributed by atoms with Gasteiger partial charge in [-0.05, 0) is 65.7 Å². The van der Waals surface area contributed by atoms with Crippen LogP contribution in [0.3, 0.4) is 0 Å². The summed E-state index contributed by atoms with van der Waals surface area (Å²) in [5.41, 5.74) is 5.14. The van der Waals surface area contributed by atoms with Crippen LogP contribution >= 0.6 is 0 Å². The van der Waals surface area contributed by atoms with E-state index < -0.39 is 17.8 Å². The van der Waals surface area contributed by atoms with Gasteiger partial charge in [0.05, 0.1) is 12.5 Å². The Bertz CT molecular complexity index is 1490. The summed E-state index contributed by atoms with van der Waals surface area (Å²) >= 11 is 0. The average Bonchev–Trinajstić information content (AvgIpc) is 3.49. The molecule has 0 bridgehead atoms. The van der Waals surface area contributed by atoms with Crippen LogP contribution < -0.4 is 20.4 Å². The lowest BCUT2D eigenvalue weighted by molar-refractivity contribution is -0.117. The van der Waals surface area contributed by atoms with E-state index in [-0.39, 0.29) is 17.2 Å². The molecule has 9 heteroatoms. The molecular weight excluding hydrogens is 496 g/mol. The van der Waals surface area contributed by atoms with Gasteiger partial charge in [-0.3, -0.25) is 9.59 Å². The van der Waals surface area contributed by atoms with Crippen molar-refractivity contribution in [2.24, 2.45) is 5.10 Å². The number of anilines is 1. The Morgan fingerprint density at radius 2 is 1.64 bits per heavy atom. The minimum absolute atomic E-state index is 0.0136. The van der Waals surface area contributed by atoms with Gasteiger partial charge in [-0.2, -0.15) is 5.10 Å². The van der Waals surface area contributed by atoms with E-state index >= 15 is 0 Å². The summed E-state index contributed by atoms with van der Waals surface area (Å²) < 4.78 is 10.3. The van der Waals surface area contributed by atoms with Crippen molar-refractivity contribution < 1.29 is 23.5 Å². The van der Waals surface area contributed by atoms with E-state index in [1.54, 1.807) is 66.7 Å². The molecule has 196 valence electrons. The predicted molar refractivity (Wildman–Crippen MR) is 148 cm³/mol. The molecule has 0 aliphatic rings. The highest BCUT2D eigenvalue weighted by Gasteiger charge is 2.15. The molecule has 1 heterocycles. The first-order valence-electron chi connectivity index (χ1n) is 11.9. The van der Waals surface area contributed by atoms with Crippen molar-refractivity contribution in [1.29, 1.82) is 0 Å². The third kappa shape index (κ3) is 7.53. The van der Waals surface area contributed by atoms with Crippen LogP contribution in [-0.4, -0.2) is 38.1 Å². The Morgan fingerprint density at radius 3 is 2.33 bits per heavy atom. The van der Waals surface area contributed by atoms with Crippen molar-refractivity contribution in [2.75, 3.05) is 19.0 Å². The molecule has 4 aromatic rings. The monoisotopic (exact) mass is 522 g/mol. The fourth-order valence-electron chi connectivity index (χ4n) is 3.41. The molecule has 0 aliphatic heterocycles. The lowest BCUT2D eigenvalue weighted by Gasteiger charge is -2.12. The number of furan rings is 1. The summed E-state index contributed by atoms with van der Waals surface area (Å²) in [6.45, 7) is 0. The van der Waals surface area contributed by atoms with E-state index in [0.29, 0.717) is 16.7 Å². The zero-order chi connectivity index (χ0) is 27.6. The quantitative estimate of drug-likeness (QED) is 0.110. The molecule has 0 saturated carbocycles. The topological polar surface area (TPSA) is 113 Å². The van der Waals surface area contributed by atoms with E-state index in [9.17, 15) is 14.4 Å². The molecule has 2 amide bonds. The molecule has 0 atom stereocenters. The molecule has 1 aromatic heterocycles. The van der Waals surface area contributed by atoms with Crippen LogP contribution in [-0.2, 0) is 4.79 Å². The van der Waals surface area contributed by atoms with E-state index in [1.807, 2.05) is 43.3 Å². The molecule has 0 saturated heterocycles. The SMILES string of the molecule is CN(C)c1ccc(/C=C(\NC(=O)c2ccccc2)C(=O)N/N=C/c2cccc(OC(=O)c3ccco3)c2)cc1. The first-order chi connectivity index (χ1) is 18.9. The lowest BCUT2D eigenvalue weighted by atomic mass is 10.1. The summed E-state index contributed by atoms with van der Waals surface area (Å²) in [6, 6.07) is 25.8. The second kappa shape index (κ2) is 12.7. The van der Waals surface area contributed by atoms with Crippen LogP contribution in [0, 0.1) is 0 Å². The van der Waals surface area contributed by atoms with Gasteiger partial charge in [0.25, 0.3) is 11.8 Å². The molecule has 0 radical (unpaired) electrons. The average molecular weight is 523 g/mol. The second-order valence-electron chi connectivity index (χ2n) is 8.50. The highest BCUT2D eigenvalue weighted by Crippen LogP contribution is 2.16. The van der Waals surface area contributed by atoms with Gasteiger partial charge < -0.3 is 19.4 Å². The number of amides is 2. The van der Waals surface area contributed by atoms with Gasteiger partial charge in [0.2, 0.25) is 5.76 Å². The summed E-state index contributed by atoms with van der Waals surface area (Å²) in [5.74, 6) is -1.33. The second-order valence-corrected chi connectivity index (χ2v) is 8.50. The molecule has 4 rings (SSSR count). The normalized spacial score (nSPS) is 11.2. The standard InChI is InChI=1S/C30H26N4O5/c1-34(2)24-15-13-21(14-16-24)19-26(32-28(35)23-9-4-3-5-10-23)29(36)33-31-20-22-8-6-11-25(18-22)39-30(37)27-12-7-17-38-27/h3-20H,1-2H3,(H,32,35)(H,33,36)/b26-19-,31-20+. The number of carbonyl (C=O) groups excluding carboxylic acids is 3. The van der Waals surface area contributed by atoms with E-state index in [1.165, 1.54) is 18.5 Å². The molecule has 2 N–H and O–H groups in total. The van der Waals surface area contributed by atoms with Crippen LogP contribution in [0.25, 0.3) is 6.08 Å². The van der Waals surface area contributed by atoms with Gasteiger partial charge in [-0.1, -0.05) is 42.5 Å². The largest absolute Gasteiger partial charge is 0.457 e. The minimum Gasteiger partial charge on any atom is -0.457 e. The first kappa shape index (κ1) is 26.6. The minimum atomic E-state index is -0.634. The van der Waals surface area contributed by atoms with Gasteiger partial charge >= 0.3 is 5.97 Å². The van der Waals surface area contributed by atoms with Crippen LogP contribution in [0.5, 0.6) is 5.75 Å². The number of hydrazone groups is 1. The number of benzene rings is 3. The van der Waals surface area contributed by atoms with Gasteiger partial charge in [0.15, 0.2) is 0 Å². The summed E-state index contributed by atoms with van der Waals surface area (Å²) in [7, 11) is 3.86. The molecule has 0 aliphatic carbocycles. The number of carbonyl (C=O) groups is 3. The molecule has 0 fully saturated rings. The fraction of sp³-hybridized carbons (Fsp3) is 0.0667. The number of rotatable bonds is 9. The molecule has 0 spiro atoms. The highest BCUT2D eigenvalue weighted by atomic mass is 16.5. The van der Waals surface area contributed by atoms with Crippen molar-refractivity contribution in [2.45, 2.75) is 0 Å². The van der Waals surface area contributed by atoms with Gasteiger partial charge in [0, 0.05) is 25.3 Å².